The molecule has 3 aromatic carbocycles. The number of carbonyl (C=O) groups excluding carboxylic acids is 1. The third-order valence-electron chi connectivity index (χ3n) is 4.56. The Labute approximate surface area is 196 Å². The number of nitrogens with one attached hydrogen (secondary N) is 4. The van der Waals surface area contributed by atoms with Crippen molar-refractivity contribution < 1.29 is 4.79 Å². The minimum absolute atomic E-state index is 0.0366. The van der Waals surface area contributed by atoms with E-state index in [1.807, 2.05) is 73.7 Å². The number of rotatable bonds is 8. The highest BCUT2D eigenvalue weighted by molar-refractivity contribution is 6.31. The Hall–Kier alpha value is -4.17. The van der Waals surface area contributed by atoms with Crippen molar-refractivity contribution in [3.05, 3.63) is 89.4 Å². The summed E-state index contributed by atoms with van der Waals surface area (Å²) in [5, 5.41) is 12.6. The highest BCUT2D eigenvalue weighted by Crippen LogP contribution is 2.20. The minimum Gasteiger partial charge on any atom is -0.345 e. The Balaban J connectivity index is 1.49. The molecule has 9 heteroatoms. The van der Waals surface area contributed by atoms with Gasteiger partial charge in [-0.15, -0.1) is 0 Å². The lowest BCUT2D eigenvalue weighted by atomic mass is 10.2. The molecule has 166 valence electrons. The quantitative estimate of drug-likeness (QED) is 0.281. The van der Waals surface area contributed by atoms with E-state index in [4.69, 9.17) is 11.6 Å². The van der Waals surface area contributed by atoms with Crippen LogP contribution < -0.4 is 21.3 Å². The molecule has 0 saturated carbocycles. The fraction of sp³-hybridized carbons (Fsp3) is 0.0833. The normalized spacial score (nSPS) is 10.4. The first kappa shape index (κ1) is 22.0. The first-order chi connectivity index (χ1) is 16.0. The average molecular weight is 460 g/mol. The molecule has 1 aromatic heterocycles. The molecule has 0 aliphatic carbocycles. The van der Waals surface area contributed by atoms with Crippen LogP contribution in [0.2, 0.25) is 5.02 Å². The van der Waals surface area contributed by atoms with Crippen molar-refractivity contribution in [2.75, 3.05) is 27.8 Å². The molecule has 0 unspecified atom stereocenters. The molecule has 4 aromatic rings. The summed E-state index contributed by atoms with van der Waals surface area (Å²) in [6.45, 7) is 1.86. The van der Waals surface area contributed by atoms with Crippen molar-refractivity contribution in [1.82, 2.24) is 15.0 Å². The van der Waals surface area contributed by atoms with Crippen LogP contribution in [-0.4, -0.2) is 27.4 Å². The molecule has 0 radical (unpaired) electrons. The molecular weight excluding hydrogens is 438 g/mol. The summed E-state index contributed by atoms with van der Waals surface area (Å²) < 4.78 is 0. The Morgan fingerprint density at radius 1 is 0.758 bits per heavy atom. The molecule has 0 spiro atoms. The summed E-state index contributed by atoms with van der Waals surface area (Å²) in [5.41, 5.74) is 3.21. The predicted octanol–water partition coefficient (Wildman–Crippen LogP) is 5.37. The minimum atomic E-state index is -0.259. The molecule has 4 rings (SSSR count). The smallest absolute Gasteiger partial charge is 0.243 e. The summed E-state index contributed by atoms with van der Waals surface area (Å²) in [6.07, 6.45) is 0. The molecular formula is C24H22ClN7O. The van der Waals surface area contributed by atoms with Gasteiger partial charge in [-0.2, -0.15) is 15.0 Å². The molecule has 8 nitrogen and oxygen atoms in total. The number of aromatic nitrogens is 3. The van der Waals surface area contributed by atoms with E-state index in [2.05, 4.69) is 36.2 Å². The van der Waals surface area contributed by atoms with Crippen LogP contribution in [-0.2, 0) is 4.79 Å². The van der Waals surface area contributed by atoms with Gasteiger partial charge in [0.05, 0.1) is 6.54 Å². The van der Waals surface area contributed by atoms with Crippen LogP contribution in [0.4, 0.5) is 34.9 Å². The molecule has 1 amide bonds. The number of nitrogens with zero attached hydrogens (tertiary/aromatic N) is 3. The predicted molar refractivity (Wildman–Crippen MR) is 133 cm³/mol. The van der Waals surface area contributed by atoms with E-state index >= 15 is 0 Å². The monoisotopic (exact) mass is 459 g/mol. The number of carbonyl (C=O) groups is 1. The van der Waals surface area contributed by atoms with Crippen LogP contribution in [0.15, 0.2) is 78.9 Å². The zero-order valence-electron chi connectivity index (χ0n) is 17.8. The average Bonchev–Trinajstić information content (AvgIpc) is 2.81. The van der Waals surface area contributed by atoms with Gasteiger partial charge in [-0.1, -0.05) is 54.1 Å². The SMILES string of the molecule is Cc1ccc(NC(=O)CNc2nc(Nc3ccccc3)nc(Nc3ccccc3)n2)cc1Cl. The molecule has 33 heavy (non-hydrogen) atoms. The van der Waals surface area contributed by atoms with E-state index in [1.54, 1.807) is 12.1 Å². The highest BCUT2D eigenvalue weighted by Gasteiger charge is 2.10. The van der Waals surface area contributed by atoms with Crippen LogP contribution in [0.5, 0.6) is 0 Å². The van der Waals surface area contributed by atoms with Crippen molar-refractivity contribution in [2.45, 2.75) is 6.92 Å². The van der Waals surface area contributed by atoms with Gasteiger partial charge < -0.3 is 21.3 Å². The summed E-state index contributed by atoms with van der Waals surface area (Å²) in [5.74, 6) is 0.662. The molecule has 0 bridgehead atoms. The van der Waals surface area contributed by atoms with Gasteiger partial charge in [0.2, 0.25) is 23.8 Å². The van der Waals surface area contributed by atoms with Gasteiger partial charge >= 0.3 is 0 Å². The van der Waals surface area contributed by atoms with E-state index in [9.17, 15) is 4.79 Å². The first-order valence-electron chi connectivity index (χ1n) is 10.3. The van der Waals surface area contributed by atoms with Gasteiger partial charge in [-0.05, 0) is 48.9 Å². The fourth-order valence-electron chi connectivity index (χ4n) is 2.90. The molecule has 0 aliphatic heterocycles. The summed E-state index contributed by atoms with van der Waals surface area (Å²) in [4.78, 5) is 25.6. The molecule has 0 saturated heterocycles. The van der Waals surface area contributed by atoms with E-state index < -0.39 is 0 Å². The van der Waals surface area contributed by atoms with Crippen molar-refractivity contribution >= 4 is 52.4 Å². The molecule has 0 atom stereocenters. The number of benzene rings is 3. The van der Waals surface area contributed by atoms with E-state index in [1.165, 1.54) is 0 Å². The maximum atomic E-state index is 12.4. The van der Waals surface area contributed by atoms with Crippen LogP contribution in [0.25, 0.3) is 0 Å². The Bertz CT molecular complexity index is 1180. The van der Waals surface area contributed by atoms with Crippen LogP contribution in [0, 0.1) is 6.92 Å². The second-order valence-electron chi connectivity index (χ2n) is 7.15. The van der Waals surface area contributed by atoms with Gasteiger partial charge in [0.15, 0.2) is 0 Å². The zero-order valence-corrected chi connectivity index (χ0v) is 18.6. The maximum Gasteiger partial charge on any atom is 0.243 e. The molecule has 0 fully saturated rings. The van der Waals surface area contributed by atoms with Crippen LogP contribution in [0.3, 0.4) is 0 Å². The third kappa shape index (κ3) is 6.41. The fourth-order valence-corrected chi connectivity index (χ4v) is 3.08. The van der Waals surface area contributed by atoms with Gasteiger partial charge in [-0.3, -0.25) is 4.79 Å². The number of hydrogen-bond donors (Lipinski definition) is 4. The van der Waals surface area contributed by atoms with Crippen molar-refractivity contribution in [2.24, 2.45) is 0 Å². The lowest BCUT2D eigenvalue weighted by molar-refractivity contribution is -0.114. The Morgan fingerprint density at radius 2 is 1.30 bits per heavy atom. The number of aryl methyl sites for hydroxylation is 1. The highest BCUT2D eigenvalue weighted by atomic mass is 35.5. The Kier molecular flexibility index (Phi) is 6.96. The summed E-state index contributed by atoms with van der Waals surface area (Å²) in [6, 6.07) is 24.5. The lowest BCUT2D eigenvalue weighted by Gasteiger charge is -2.12. The van der Waals surface area contributed by atoms with Gasteiger partial charge in [0.1, 0.15) is 0 Å². The number of hydrogen-bond acceptors (Lipinski definition) is 7. The number of para-hydroxylation sites is 2. The van der Waals surface area contributed by atoms with E-state index in [-0.39, 0.29) is 18.4 Å². The number of halogens is 1. The van der Waals surface area contributed by atoms with E-state index in [0.29, 0.717) is 22.6 Å². The zero-order chi connectivity index (χ0) is 23.0. The van der Waals surface area contributed by atoms with Crippen molar-refractivity contribution in [3.63, 3.8) is 0 Å². The molecule has 1 heterocycles. The topological polar surface area (TPSA) is 104 Å². The van der Waals surface area contributed by atoms with Crippen LogP contribution in [0.1, 0.15) is 5.56 Å². The van der Waals surface area contributed by atoms with Crippen molar-refractivity contribution in [1.29, 1.82) is 0 Å². The number of anilines is 6. The van der Waals surface area contributed by atoms with E-state index in [0.717, 1.165) is 16.9 Å². The van der Waals surface area contributed by atoms with Crippen LogP contribution >= 0.6 is 11.6 Å². The molecule has 4 N–H and O–H groups in total. The largest absolute Gasteiger partial charge is 0.345 e. The lowest BCUT2D eigenvalue weighted by Crippen LogP contribution is -2.23. The second kappa shape index (κ2) is 10.4. The Morgan fingerprint density at radius 3 is 1.85 bits per heavy atom. The first-order valence-corrected chi connectivity index (χ1v) is 10.6. The van der Waals surface area contributed by atoms with Crippen molar-refractivity contribution in [3.8, 4) is 0 Å². The summed E-state index contributed by atoms with van der Waals surface area (Å²) >= 11 is 6.13. The summed E-state index contributed by atoms with van der Waals surface area (Å²) in [7, 11) is 0. The maximum absolute atomic E-state index is 12.4. The third-order valence-corrected chi connectivity index (χ3v) is 4.97. The second-order valence-corrected chi connectivity index (χ2v) is 7.56. The van der Waals surface area contributed by atoms with Gasteiger partial charge in [0.25, 0.3) is 0 Å². The van der Waals surface area contributed by atoms with Gasteiger partial charge in [0, 0.05) is 22.1 Å². The molecule has 0 aliphatic rings. The number of amides is 1. The van der Waals surface area contributed by atoms with Gasteiger partial charge in [-0.25, -0.2) is 0 Å². The standard InChI is InChI=1S/C24H22ClN7O/c1-16-12-13-19(14-20(16)25)27-21(33)15-26-22-30-23(28-17-8-4-2-5-9-17)32-24(31-22)29-18-10-6-3-7-11-18/h2-14H,15H2,1H3,(H,27,33)(H3,26,28,29,30,31,32).